The lowest BCUT2D eigenvalue weighted by Gasteiger charge is -2.43. The van der Waals surface area contributed by atoms with E-state index >= 15 is 0 Å². The van der Waals surface area contributed by atoms with Crippen LogP contribution in [0.15, 0.2) is 34.1 Å². The van der Waals surface area contributed by atoms with Crippen molar-refractivity contribution in [1.82, 2.24) is 9.88 Å². The molecule has 2 bridgehead atoms. The van der Waals surface area contributed by atoms with Gasteiger partial charge in [0.05, 0.1) is 24.0 Å². The largest absolute Gasteiger partial charge is 0.496 e. The zero-order valence-electron chi connectivity index (χ0n) is 19.8. The number of carbonyl (C=O) groups is 3. The summed E-state index contributed by atoms with van der Waals surface area (Å²) in [6.45, 7) is 0.364. The van der Waals surface area contributed by atoms with Crippen molar-refractivity contribution in [3.63, 3.8) is 0 Å². The van der Waals surface area contributed by atoms with E-state index in [0.29, 0.717) is 25.8 Å². The Morgan fingerprint density at radius 2 is 1.86 bits per heavy atom. The summed E-state index contributed by atoms with van der Waals surface area (Å²) in [4.78, 5) is 55.6. The number of H-pyrrole nitrogens is 1. The Labute approximate surface area is 216 Å². The van der Waals surface area contributed by atoms with Gasteiger partial charge in [0.2, 0.25) is 11.8 Å². The third kappa shape index (κ3) is 3.55. The van der Waals surface area contributed by atoms with Crippen molar-refractivity contribution in [2.45, 2.75) is 48.3 Å². The zero-order chi connectivity index (χ0) is 25.1. The van der Waals surface area contributed by atoms with Gasteiger partial charge in [-0.05, 0) is 43.1 Å². The molecule has 6 rings (SSSR count). The van der Waals surface area contributed by atoms with Crippen LogP contribution in [0.2, 0.25) is 0 Å². The van der Waals surface area contributed by atoms with Crippen LogP contribution in [0.3, 0.4) is 0 Å². The number of thiazole rings is 1. The quantitative estimate of drug-likeness (QED) is 0.397. The van der Waals surface area contributed by atoms with Crippen molar-refractivity contribution >= 4 is 40.9 Å². The van der Waals surface area contributed by atoms with E-state index in [2.05, 4.69) is 11.1 Å². The maximum Gasteiger partial charge on any atom is 0.305 e. The van der Waals surface area contributed by atoms with Crippen LogP contribution in [0.25, 0.3) is 0 Å². The van der Waals surface area contributed by atoms with E-state index in [1.165, 1.54) is 16.2 Å². The number of fused-ring (bicyclic) bond motifs is 9. The molecule has 2 amide bonds. The molecule has 0 radical (unpaired) electrons. The summed E-state index contributed by atoms with van der Waals surface area (Å²) in [6.07, 6.45) is 2.81. The van der Waals surface area contributed by atoms with E-state index in [0.717, 1.165) is 27.6 Å². The first-order chi connectivity index (χ1) is 17.4. The molecular weight excluding hydrogens is 500 g/mol. The highest BCUT2D eigenvalue weighted by molar-refractivity contribution is 8.00. The SMILES string of the molecule is COc1ccccc1[C@H]1c2sc(=O)[nH]c2S[C@@H]2[C@H]3C[C@@H]([C@@H]4C(=O)N(CCCCCC(=O)O)C(=O)[C@@H]34)[C@H]12. The molecule has 1 aromatic heterocycles. The van der Waals surface area contributed by atoms with Crippen LogP contribution in [0.4, 0.5) is 0 Å². The molecule has 2 saturated carbocycles. The minimum absolute atomic E-state index is 0.0599. The number of imide groups is 1. The lowest BCUT2D eigenvalue weighted by molar-refractivity contribution is -0.141. The van der Waals surface area contributed by atoms with Crippen LogP contribution in [0.5, 0.6) is 5.75 Å². The van der Waals surface area contributed by atoms with Gasteiger partial charge in [0, 0.05) is 34.6 Å². The number of aromatic nitrogens is 1. The van der Waals surface area contributed by atoms with Crippen molar-refractivity contribution in [2.75, 3.05) is 13.7 Å². The molecule has 190 valence electrons. The van der Waals surface area contributed by atoms with Gasteiger partial charge in [0.25, 0.3) is 0 Å². The molecule has 10 heteroatoms. The third-order valence-electron chi connectivity index (χ3n) is 8.56. The Hall–Kier alpha value is -2.59. The van der Waals surface area contributed by atoms with E-state index in [-0.39, 0.29) is 63.9 Å². The number of thioether (sulfide) groups is 1. The summed E-state index contributed by atoms with van der Waals surface area (Å²) in [7, 11) is 1.65. The fourth-order valence-electron chi connectivity index (χ4n) is 7.29. The highest BCUT2D eigenvalue weighted by Crippen LogP contribution is 2.68. The second-order valence-electron chi connectivity index (χ2n) is 10.2. The van der Waals surface area contributed by atoms with Crippen LogP contribution in [-0.2, 0) is 14.4 Å². The summed E-state index contributed by atoms with van der Waals surface area (Å²) in [5, 5.41) is 9.87. The van der Waals surface area contributed by atoms with Crippen LogP contribution in [0, 0.1) is 29.6 Å². The van der Waals surface area contributed by atoms with Gasteiger partial charge in [-0.1, -0.05) is 36.0 Å². The van der Waals surface area contributed by atoms with Crippen molar-refractivity contribution < 1.29 is 24.2 Å². The van der Waals surface area contributed by atoms with Crippen molar-refractivity contribution in [2.24, 2.45) is 29.6 Å². The van der Waals surface area contributed by atoms with Crippen molar-refractivity contribution in [3.8, 4) is 5.75 Å². The molecule has 4 aliphatic rings. The van der Waals surface area contributed by atoms with Gasteiger partial charge in [-0.25, -0.2) is 0 Å². The number of ether oxygens (including phenoxy) is 1. The molecule has 2 N–H and O–H groups in total. The van der Waals surface area contributed by atoms with Gasteiger partial charge in [0.15, 0.2) is 0 Å². The maximum absolute atomic E-state index is 13.6. The molecule has 1 aromatic carbocycles. The maximum atomic E-state index is 13.6. The fourth-order valence-corrected chi connectivity index (χ4v) is 10.2. The van der Waals surface area contributed by atoms with Gasteiger partial charge in [-0.3, -0.25) is 24.1 Å². The molecule has 0 unspecified atom stereocenters. The number of carboxylic acid groups (broad SMARTS) is 1. The number of benzene rings is 1. The summed E-state index contributed by atoms with van der Waals surface area (Å²) in [5.74, 6) is -0.523. The molecule has 36 heavy (non-hydrogen) atoms. The van der Waals surface area contributed by atoms with E-state index in [9.17, 15) is 19.2 Å². The summed E-state index contributed by atoms with van der Waals surface area (Å²) in [6, 6.07) is 7.91. The molecule has 0 spiro atoms. The smallest absolute Gasteiger partial charge is 0.305 e. The summed E-state index contributed by atoms with van der Waals surface area (Å²) in [5.41, 5.74) is 1.03. The normalized spacial score (nSPS) is 31.9. The molecule has 8 nitrogen and oxygen atoms in total. The molecule has 1 saturated heterocycles. The Bertz CT molecular complexity index is 1290. The van der Waals surface area contributed by atoms with E-state index < -0.39 is 5.97 Å². The minimum Gasteiger partial charge on any atom is -0.496 e. The number of nitrogens with one attached hydrogen (secondary N) is 1. The number of nitrogens with zero attached hydrogens (tertiary/aromatic N) is 1. The lowest BCUT2D eigenvalue weighted by atomic mass is 9.68. The topological polar surface area (TPSA) is 117 Å². The van der Waals surface area contributed by atoms with E-state index in [1.807, 2.05) is 18.2 Å². The average molecular weight is 529 g/mol. The number of hydrogen-bond donors (Lipinski definition) is 2. The number of likely N-dealkylation sites (tertiary alicyclic amines) is 1. The van der Waals surface area contributed by atoms with Crippen LogP contribution >= 0.6 is 23.1 Å². The highest BCUT2D eigenvalue weighted by atomic mass is 32.2. The number of carbonyl (C=O) groups excluding carboxylic acids is 2. The molecule has 2 aromatic rings. The van der Waals surface area contributed by atoms with E-state index in [4.69, 9.17) is 9.84 Å². The molecule has 3 fully saturated rings. The van der Waals surface area contributed by atoms with Gasteiger partial charge >= 0.3 is 10.8 Å². The van der Waals surface area contributed by atoms with Gasteiger partial charge in [-0.15, -0.1) is 11.8 Å². The molecular formula is C26H28N2O6S2. The predicted octanol–water partition coefficient (Wildman–Crippen LogP) is 3.56. The Kier molecular flexibility index (Phi) is 5.99. The number of unbranched alkanes of at least 4 members (excludes halogenated alkanes) is 2. The van der Waals surface area contributed by atoms with Crippen molar-refractivity contribution in [1.29, 1.82) is 0 Å². The van der Waals surface area contributed by atoms with Crippen LogP contribution in [-0.4, -0.2) is 51.7 Å². The average Bonchev–Trinajstić information content (AvgIpc) is 3.58. The molecule has 2 aliphatic carbocycles. The number of hydrogen-bond acceptors (Lipinski definition) is 7. The number of carboxylic acids is 1. The Morgan fingerprint density at radius 1 is 1.11 bits per heavy atom. The molecule has 7 atom stereocenters. The highest BCUT2D eigenvalue weighted by Gasteiger charge is 2.69. The minimum atomic E-state index is -0.825. The monoisotopic (exact) mass is 528 g/mol. The Morgan fingerprint density at radius 3 is 2.61 bits per heavy atom. The summed E-state index contributed by atoms with van der Waals surface area (Å²) < 4.78 is 5.71. The predicted molar refractivity (Wildman–Crippen MR) is 134 cm³/mol. The van der Waals surface area contributed by atoms with Gasteiger partial charge in [0.1, 0.15) is 5.75 Å². The van der Waals surface area contributed by atoms with E-state index in [1.54, 1.807) is 18.9 Å². The number of methoxy groups -OCH3 is 1. The second kappa shape index (κ2) is 9.06. The number of aliphatic carboxylic acids is 1. The second-order valence-corrected chi connectivity index (χ2v) is 12.4. The van der Waals surface area contributed by atoms with Gasteiger partial charge in [-0.2, -0.15) is 0 Å². The Balaban J connectivity index is 1.31. The standard InChI is InChI=1S/C26H28N2O6S2/c1-34-15-8-5-4-7-12(15)17-18-13-11-14(21(18)35-23-22(17)36-26(33)27-23)20-19(13)24(31)28(25(20)32)10-6-2-3-9-16(29)30/h4-5,7-8,13-14,17-21H,2-3,6,9-11H2,1H3,(H,27,33)(H,29,30)/t13-,14+,17-,18-,19+,20+,21-/m1/s1. The number of amides is 2. The van der Waals surface area contributed by atoms with Crippen molar-refractivity contribution in [3.05, 3.63) is 44.4 Å². The first kappa shape index (κ1) is 23.8. The number of rotatable bonds is 8. The van der Waals surface area contributed by atoms with Crippen LogP contribution < -0.4 is 9.61 Å². The third-order valence-corrected chi connectivity index (χ3v) is 11.1. The summed E-state index contributed by atoms with van der Waals surface area (Å²) >= 11 is 2.92. The fraction of sp³-hybridized carbons (Fsp3) is 0.538. The zero-order valence-corrected chi connectivity index (χ0v) is 21.5. The van der Waals surface area contributed by atoms with Crippen LogP contribution in [0.1, 0.15) is 48.5 Å². The molecule has 3 heterocycles. The lowest BCUT2D eigenvalue weighted by Crippen LogP contribution is -2.42. The first-order valence-corrected chi connectivity index (χ1v) is 14.2. The van der Waals surface area contributed by atoms with Gasteiger partial charge < -0.3 is 14.8 Å². The number of aromatic amines is 1. The number of para-hydroxylation sites is 1. The first-order valence-electron chi connectivity index (χ1n) is 12.5. The molecule has 2 aliphatic heterocycles.